The molecule has 134 valence electrons. The topological polar surface area (TPSA) is 47.8 Å². The number of hydrogen-bond donors (Lipinski definition) is 0. The summed E-state index contributed by atoms with van der Waals surface area (Å²) in [7, 11) is 0. The maximum atomic E-state index is 12.9. The first-order chi connectivity index (χ1) is 13.1. The third kappa shape index (κ3) is 2.70. The normalized spacial score (nSPS) is 16.7. The Balaban J connectivity index is 1.61. The highest BCUT2D eigenvalue weighted by atomic mass is 32.1. The molecule has 0 bridgehead atoms. The van der Waals surface area contributed by atoms with Gasteiger partial charge in [0.2, 0.25) is 5.13 Å². The number of para-hydroxylation sites is 1. The molecule has 0 aliphatic heterocycles. The van der Waals surface area contributed by atoms with Crippen LogP contribution in [0.3, 0.4) is 0 Å². The molecule has 0 fully saturated rings. The van der Waals surface area contributed by atoms with E-state index >= 15 is 0 Å². The Morgan fingerprint density at radius 3 is 2.59 bits per heavy atom. The highest BCUT2D eigenvalue weighted by Crippen LogP contribution is 2.36. The summed E-state index contributed by atoms with van der Waals surface area (Å²) in [6, 6.07) is 16.6. The molecule has 0 amide bonds. The van der Waals surface area contributed by atoms with Gasteiger partial charge in [0.05, 0.1) is 27.2 Å². The number of aromatic nitrogens is 3. The van der Waals surface area contributed by atoms with E-state index in [1.54, 1.807) is 11.3 Å². The van der Waals surface area contributed by atoms with Crippen LogP contribution in [0.2, 0.25) is 0 Å². The molecule has 0 saturated carbocycles. The number of aryl methyl sites for hydroxylation is 2. The van der Waals surface area contributed by atoms with Crippen LogP contribution in [-0.4, -0.2) is 20.5 Å². The Morgan fingerprint density at radius 1 is 1.04 bits per heavy atom. The number of carbonyl (C=O) groups is 1. The molecule has 2 aromatic carbocycles. The van der Waals surface area contributed by atoms with Crippen LogP contribution in [0.5, 0.6) is 0 Å². The number of hydrogen-bond acceptors (Lipinski definition) is 4. The van der Waals surface area contributed by atoms with Gasteiger partial charge in [-0.15, -0.1) is 0 Å². The molecule has 2 aromatic heterocycles. The number of ketones is 1. The molecule has 5 heteroatoms. The van der Waals surface area contributed by atoms with Crippen molar-refractivity contribution < 1.29 is 4.79 Å². The lowest BCUT2D eigenvalue weighted by Crippen LogP contribution is -2.20. The first kappa shape index (κ1) is 16.4. The molecule has 5 rings (SSSR count). The first-order valence-electron chi connectivity index (χ1n) is 9.14. The van der Waals surface area contributed by atoms with Gasteiger partial charge in [0, 0.05) is 6.42 Å². The van der Waals surface area contributed by atoms with Crippen LogP contribution in [0.25, 0.3) is 15.3 Å². The largest absolute Gasteiger partial charge is 0.294 e. The zero-order chi connectivity index (χ0) is 18.5. The van der Waals surface area contributed by atoms with Gasteiger partial charge in [-0.2, -0.15) is 5.10 Å². The predicted octanol–water partition coefficient (Wildman–Crippen LogP) is 5.01. The van der Waals surface area contributed by atoms with E-state index in [1.807, 2.05) is 29.8 Å². The molecule has 0 unspecified atom stereocenters. The third-order valence-electron chi connectivity index (χ3n) is 5.32. The molecule has 0 spiro atoms. The summed E-state index contributed by atoms with van der Waals surface area (Å²) in [6.45, 7) is 4.01. The smallest absolute Gasteiger partial charge is 0.211 e. The molecule has 0 saturated heterocycles. The van der Waals surface area contributed by atoms with Crippen LogP contribution in [0, 0.1) is 13.8 Å². The minimum absolute atomic E-state index is 0.187. The van der Waals surface area contributed by atoms with Crippen molar-refractivity contribution in [3.8, 4) is 5.13 Å². The number of benzene rings is 2. The third-order valence-corrected chi connectivity index (χ3v) is 6.33. The Hall–Kier alpha value is -2.79. The second kappa shape index (κ2) is 6.13. The molecular formula is C22H19N3OS. The summed E-state index contributed by atoms with van der Waals surface area (Å²) in [6.07, 6.45) is 1.35. The summed E-state index contributed by atoms with van der Waals surface area (Å²) in [4.78, 5) is 17.6. The van der Waals surface area contributed by atoms with E-state index in [1.165, 1.54) is 11.1 Å². The Morgan fingerprint density at radius 2 is 1.81 bits per heavy atom. The van der Waals surface area contributed by atoms with Gasteiger partial charge in [-0.3, -0.25) is 4.79 Å². The van der Waals surface area contributed by atoms with Crippen LogP contribution in [0.4, 0.5) is 0 Å². The lowest BCUT2D eigenvalue weighted by atomic mass is 9.81. The molecule has 1 aliphatic rings. The minimum atomic E-state index is 0.187. The number of Topliss-reactive ketones (excluding diaryl/α,β-unsaturated/α-hetero) is 1. The Labute approximate surface area is 161 Å². The second-order valence-corrected chi connectivity index (χ2v) is 8.23. The first-order valence-corrected chi connectivity index (χ1v) is 9.96. The van der Waals surface area contributed by atoms with E-state index < -0.39 is 0 Å². The van der Waals surface area contributed by atoms with Gasteiger partial charge in [0.25, 0.3) is 0 Å². The highest BCUT2D eigenvalue weighted by Gasteiger charge is 2.32. The molecule has 0 N–H and O–H groups in total. The van der Waals surface area contributed by atoms with Crippen molar-refractivity contribution in [2.45, 2.75) is 32.6 Å². The van der Waals surface area contributed by atoms with Gasteiger partial charge in [-0.25, -0.2) is 9.67 Å². The van der Waals surface area contributed by atoms with Gasteiger partial charge in [0.1, 0.15) is 0 Å². The van der Waals surface area contributed by atoms with Gasteiger partial charge in [0.15, 0.2) is 5.78 Å². The van der Waals surface area contributed by atoms with Crippen molar-refractivity contribution in [2.24, 2.45) is 0 Å². The van der Waals surface area contributed by atoms with Crippen molar-refractivity contribution in [1.29, 1.82) is 0 Å². The second-order valence-electron chi connectivity index (χ2n) is 7.22. The summed E-state index contributed by atoms with van der Waals surface area (Å²) in [5.41, 5.74) is 6.01. The predicted molar refractivity (Wildman–Crippen MR) is 108 cm³/mol. The average Bonchev–Trinajstić information content (AvgIpc) is 3.23. The zero-order valence-corrected chi connectivity index (χ0v) is 16.1. The SMILES string of the molecule is Cc1ccc([C@@H]2CC(=O)c3c(C)nn(-c4nc5ccccc5s4)c3C2)cc1. The molecule has 1 aliphatic carbocycles. The summed E-state index contributed by atoms with van der Waals surface area (Å²) in [5, 5.41) is 5.53. The summed E-state index contributed by atoms with van der Waals surface area (Å²) in [5.74, 6) is 0.376. The van der Waals surface area contributed by atoms with Gasteiger partial charge < -0.3 is 0 Å². The summed E-state index contributed by atoms with van der Waals surface area (Å²) >= 11 is 1.61. The maximum absolute atomic E-state index is 12.9. The summed E-state index contributed by atoms with van der Waals surface area (Å²) < 4.78 is 3.03. The molecule has 0 radical (unpaired) electrons. The number of fused-ring (bicyclic) bond motifs is 2. The van der Waals surface area contributed by atoms with E-state index in [9.17, 15) is 4.79 Å². The standard InChI is InChI=1S/C22H19N3OS/c1-13-7-9-15(10-8-13)16-11-18-21(19(26)12-16)14(2)24-25(18)22-23-17-5-3-4-6-20(17)27-22/h3-10,16H,11-12H2,1-2H3/t16-/m0/s1. The van der Waals surface area contributed by atoms with E-state index in [2.05, 4.69) is 37.3 Å². The van der Waals surface area contributed by atoms with Gasteiger partial charge >= 0.3 is 0 Å². The van der Waals surface area contributed by atoms with Crippen LogP contribution in [0.15, 0.2) is 48.5 Å². The van der Waals surface area contributed by atoms with Crippen LogP contribution in [-0.2, 0) is 6.42 Å². The number of nitrogens with zero attached hydrogens (tertiary/aromatic N) is 3. The molecule has 1 atom stereocenters. The molecule has 4 aromatic rings. The zero-order valence-electron chi connectivity index (χ0n) is 15.3. The average molecular weight is 373 g/mol. The molecule has 4 nitrogen and oxygen atoms in total. The van der Waals surface area contributed by atoms with Crippen LogP contribution in [0.1, 0.15) is 45.2 Å². The van der Waals surface area contributed by atoms with Crippen molar-refractivity contribution in [3.63, 3.8) is 0 Å². The Kier molecular flexibility index (Phi) is 3.72. The number of carbonyl (C=O) groups excluding carboxylic acids is 1. The van der Waals surface area contributed by atoms with Crippen molar-refractivity contribution in [1.82, 2.24) is 14.8 Å². The number of rotatable bonds is 2. The quantitative estimate of drug-likeness (QED) is 0.496. The fourth-order valence-electron chi connectivity index (χ4n) is 3.94. The van der Waals surface area contributed by atoms with E-state index in [-0.39, 0.29) is 11.7 Å². The van der Waals surface area contributed by atoms with Crippen LogP contribution >= 0.6 is 11.3 Å². The minimum Gasteiger partial charge on any atom is -0.294 e. The van der Waals surface area contributed by atoms with E-state index in [0.717, 1.165) is 38.7 Å². The highest BCUT2D eigenvalue weighted by molar-refractivity contribution is 7.20. The Bertz CT molecular complexity index is 1140. The fraction of sp³-hybridized carbons (Fsp3) is 0.227. The molecule has 27 heavy (non-hydrogen) atoms. The van der Waals surface area contributed by atoms with Gasteiger partial charge in [-0.1, -0.05) is 53.3 Å². The van der Waals surface area contributed by atoms with Crippen molar-refractivity contribution in [2.75, 3.05) is 0 Å². The fourth-order valence-corrected chi connectivity index (χ4v) is 4.88. The monoisotopic (exact) mass is 373 g/mol. The maximum Gasteiger partial charge on any atom is 0.211 e. The van der Waals surface area contributed by atoms with Gasteiger partial charge in [-0.05, 0) is 43.9 Å². The van der Waals surface area contributed by atoms with Crippen molar-refractivity contribution in [3.05, 3.63) is 76.6 Å². The van der Waals surface area contributed by atoms with E-state index in [0.29, 0.717) is 6.42 Å². The lowest BCUT2D eigenvalue weighted by molar-refractivity contribution is 0.0963. The molecular weight excluding hydrogens is 354 g/mol. The van der Waals surface area contributed by atoms with Crippen molar-refractivity contribution >= 4 is 27.3 Å². The van der Waals surface area contributed by atoms with E-state index in [4.69, 9.17) is 10.1 Å². The molecule has 2 heterocycles. The van der Waals surface area contributed by atoms with Crippen LogP contribution < -0.4 is 0 Å². The lowest BCUT2D eigenvalue weighted by Gasteiger charge is -2.22. The number of thiazole rings is 1.